The number of nitrogens with one attached hydrogen (secondary N) is 2. The summed E-state index contributed by atoms with van der Waals surface area (Å²) < 4.78 is 5.43. The molecular weight excluding hydrogens is 554 g/mol. The second-order valence-corrected chi connectivity index (χ2v) is 10.8. The van der Waals surface area contributed by atoms with Crippen LogP contribution in [0, 0.1) is 0 Å². The summed E-state index contributed by atoms with van der Waals surface area (Å²) in [6, 6.07) is 15.1. The van der Waals surface area contributed by atoms with E-state index in [9.17, 15) is 9.59 Å². The summed E-state index contributed by atoms with van der Waals surface area (Å²) in [5.74, 6) is 0.697. The molecule has 1 unspecified atom stereocenters. The van der Waals surface area contributed by atoms with E-state index < -0.39 is 0 Å². The molecule has 2 N–H and O–H groups in total. The molecule has 4 heterocycles. The van der Waals surface area contributed by atoms with E-state index in [1.54, 1.807) is 35.6 Å². The molecule has 0 bridgehead atoms. The van der Waals surface area contributed by atoms with Crippen LogP contribution in [0.2, 0.25) is 5.02 Å². The lowest BCUT2D eigenvalue weighted by Gasteiger charge is -2.23. The van der Waals surface area contributed by atoms with Crippen LogP contribution in [0.5, 0.6) is 0 Å². The van der Waals surface area contributed by atoms with Gasteiger partial charge < -0.3 is 20.3 Å². The van der Waals surface area contributed by atoms with E-state index in [2.05, 4.69) is 30.6 Å². The molecule has 214 valence electrons. The van der Waals surface area contributed by atoms with Crippen molar-refractivity contribution in [3.05, 3.63) is 88.8 Å². The van der Waals surface area contributed by atoms with Gasteiger partial charge in [-0.05, 0) is 43.0 Å². The first kappa shape index (κ1) is 27.7. The highest BCUT2D eigenvalue weighted by molar-refractivity contribution is 6.33. The van der Waals surface area contributed by atoms with Gasteiger partial charge in [-0.25, -0.2) is 19.9 Å². The molecule has 1 fully saturated rings. The average molecular weight is 584 g/mol. The fourth-order valence-electron chi connectivity index (χ4n) is 5.21. The first-order valence-corrected chi connectivity index (χ1v) is 14.3. The van der Waals surface area contributed by atoms with Gasteiger partial charge in [0.25, 0.3) is 5.91 Å². The molecule has 1 saturated heterocycles. The number of amides is 2. The Bertz CT molecular complexity index is 1590. The molecule has 2 aromatic carbocycles. The summed E-state index contributed by atoms with van der Waals surface area (Å²) in [6.45, 7) is 3.63. The Morgan fingerprint density at radius 1 is 1.07 bits per heavy atom. The van der Waals surface area contributed by atoms with Crippen LogP contribution in [0.4, 0.5) is 5.95 Å². The second kappa shape index (κ2) is 12.2. The SMILES string of the molecule is CC(NC(=O)CN1Cc2ccc(-c3nc(NC4CCOCC4)ncc3Cl)cc2C1=O)c1ccc(-c2ncccn2)cc1. The zero-order valence-electron chi connectivity index (χ0n) is 23.1. The number of benzene rings is 2. The van der Waals surface area contributed by atoms with Crippen LogP contribution in [-0.4, -0.2) is 62.5 Å². The van der Waals surface area contributed by atoms with Crippen LogP contribution in [0.25, 0.3) is 22.6 Å². The van der Waals surface area contributed by atoms with Crippen LogP contribution in [0.15, 0.2) is 67.1 Å². The third kappa shape index (κ3) is 6.09. The Morgan fingerprint density at radius 2 is 1.81 bits per heavy atom. The van der Waals surface area contributed by atoms with Crippen LogP contribution < -0.4 is 10.6 Å². The van der Waals surface area contributed by atoms with Crippen molar-refractivity contribution in [1.82, 2.24) is 30.2 Å². The standard InChI is InChI=1S/C31H30ClN7O3/c1-19(20-3-5-21(6-4-20)29-33-11-2-12-34-29)36-27(40)18-39-17-23-8-7-22(15-25(23)30(39)41)28-26(32)16-35-31(38-28)37-24-9-13-42-14-10-24/h2-8,11-12,15-16,19,24H,9-10,13-14,17-18H2,1H3,(H,36,40)(H,35,37,38). The van der Waals surface area contributed by atoms with E-state index in [0.717, 1.165) is 29.5 Å². The average Bonchev–Trinajstić information content (AvgIpc) is 3.33. The molecule has 1 atom stereocenters. The fourth-order valence-corrected chi connectivity index (χ4v) is 5.41. The van der Waals surface area contributed by atoms with Crippen molar-refractivity contribution < 1.29 is 14.3 Å². The third-order valence-corrected chi connectivity index (χ3v) is 7.78. The van der Waals surface area contributed by atoms with E-state index in [0.29, 0.717) is 53.4 Å². The maximum Gasteiger partial charge on any atom is 0.254 e. The van der Waals surface area contributed by atoms with Gasteiger partial charge in [-0.15, -0.1) is 0 Å². The molecule has 2 aliphatic heterocycles. The molecule has 0 saturated carbocycles. The maximum atomic E-state index is 13.3. The normalized spacial score (nSPS) is 15.8. The molecule has 11 heteroatoms. The minimum absolute atomic E-state index is 0.0451. The predicted octanol–water partition coefficient (Wildman–Crippen LogP) is 4.68. The first-order chi connectivity index (χ1) is 20.4. The number of rotatable bonds is 8. The predicted molar refractivity (Wildman–Crippen MR) is 159 cm³/mol. The minimum Gasteiger partial charge on any atom is -0.381 e. The van der Waals surface area contributed by atoms with Crippen molar-refractivity contribution in [3.8, 4) is 22.6 Å². The molecule has 0 aliphatic carbocycles. The summed E-state index contributed by atoms with van der Waals surface area (Å²) in [6.07, 6.45) is 6.73. The molecule has 0 radical (unpaired) electrons. The van der Waals surface area contributed by atoms with E-state index in [-0.39, 0.29) is 30.4 Å². The van der Waals surface area contributed by atoms with Gasteiger partial charge in [0.1, 0.15) is 6.54 Å². The molecule has 4 aromatic rings. The zero-order valence-corrected chi connectivity index (χ0v) is 23.8. The zero-order chi connectivity index (χ0) is 29.1. The highest BCUT2D eigenvalue weighted by atomic mass is 35.5. The van der Waals surface area contributed by atoms with Gasteiger partial charge in [0.15, 0.2) is 5.82 Å². The molecule has 6 rings (SSSR count). The Kier molecular flexibility index (Phi) is 8.07. The number of halogens is 1. The number of fused-ring (bicyclic) bond motifs is 1. The Morgan fingerprint density at radius 3 is 2.57 bits per heavy atom. The van der Waals surface area contributed by atoms with E-state index in [1.807, 2.05) is 43.3 Å². The highest BCUT2D eigenvalue weighted by Crippen LogP contribution is 2.32. The first-order valence-electron chi connectivity index (χ1n) is 13.9. The van der Waals surface area contributed by atoms with Crippen LogP contribution in [0.3, 0.4) is 0 Å². The Hall–Kier alpha value is -4.41. The number of carbonyl (C=O) groups excluding carboxylic acids is 2. The van der Waals surface area contributed by atoms with Gasteiger partial charge in [-0.3, -0.25) is 9.59 Å². The van der Waals surface area contributed by atoms with E-state index in [4.69, 9.17) is 16.3 Å². The summed E-state index contributed by atoms with van der Waals surface area (Å²) in [7, 11) is 0. The topological polar surface area (TPSA) is 122 Å². The Balaban J connectivity index is 1.09. The number of aromatic nitrogens is 4. The Labute approximate surface area is 248 Å². The molecule has 0 spiro atoms. The van der Waals surface area contributed by atoms with Crippen LogP contribution in [-0.2, 0) is 16.1 Å². The highest BCUT2D eigenvalue weighted by Gasteiger charge is 2.30. The monoisotopic (exact) mass is 583 g/mol. The lowest BCUT2D eigenvalue weighted by Crippen LogP contribution is -2.38. The number of carbonyl (C=O) groups is 2. The van der Waals surface area contributed by atoms with Crippen molar-refractivity contribution in [3.63, 3.8) is 0 Å². The van der Waals surface area contributed by atoms with Crippen LogP contribution >= 0.6 is 11.6 Å². The van der Waals surface area contributed by atoms with Gasteiger partial charge in [0, 0.05) is 54.9 Å². The quantitative estimate of drug-likeness (QED) is 0.307. The van der Waals surface area contributed by atoms with Crippen LogP contribution in [0.1, 0.15) is 47.3 Å². The summed E-state index contributed by atoms with van der Waals surface area (Å²) >= 11 is 6.47. The van der Waals surface area contributed by atoms with Gasteiger partial charge in [0.05, 0.1) is 23.0 Å². The smallest absolute Gasteiger partial charge is 0.254 e. The summed E-state index contributed by atoms with van der Waals surface area (Å²) in [5.41, 5.74) is 4.50. The summed E-state index contributed by atoms with van der Waals surface area (Å²) in [5, 5.41) is 6.76. The molecule has 2 aromatic heterocycles. The molecule has 2 aliphatic rings. The lowest BCUT2D eigenvalue weighted by atomic mass is 10.0. The van der Waals surface area contributed by atoms with Gasteiger partial charge in [-0.1, -0.05) is 48.0 Å². The van der Waals surface area contributed by atoms with Gasteiger partial charge in [-0.2, -0.15) is 0 Å². The lowest BCUT2D eigenvalue weighted by molar-refractivity contribution is -0.122. The van der Waals surface area contributed by atoms with Crippen molar-refractivity contribution in [2.45, 2.75) is 38.4 Å². The number of nitrogens with zero attached hydrogens (tertiary/aromatic N) is 5. The second-order valence-electron chi connectivity index (χ2n) is 10.4. The minimum atomic E-state index is -0.237. The third-order valence-electron chi connectivity index (χ3n) is 7.51. The largest absolute Gasteiger partial charge is 0.381 e. The van der Waals surface area contributed by atoms with Gasteiger partial charge in [0.2, 0.25) is 11.9 Å². The maximum absolute atomic E-state index is 13.3. The number of hydrogen-bond acceptors (Lipinski definition) is 8. The van der Waals surface area contributed by atoms with Crippen molar-refractivity contribution >= 4 is 29.4 Å². The van der Waals surface area contributed by atoms with Crippen molar-refractivity contribution in [2.24, 2.45) is 0 Å². The van der Waals surface area contributed by atoms with Gasteiger partial charge >= 0.3 is 0 Å². The number of hydrogen-bond donors (Lipinski definition) is 2. The fraction of sp³-hybridized carbons (Fsp3) is 0.290. The van der Waals surface area contributed by atoms with E-state index >= 15 is 0 Å². The molecule has 2 amide bonds. The number of anilines is 1. The summed E-state index contributed by atoms with van der Waals surface area (Å²) in [4.78, 5) is 45.3. The number of ether oxygens (including phenoxy) is 1. The molecular formula is C31H30ClN7O3. The van der Waals surface area contributed by atoms with Crippen molar-refractivity contribution in [2.75, 3.05) is 25.1 Å². The molecule has 10 nitrogen and oxygen atoms in total. The molecule has 42 heavy (non-hydrogen) atoms. The van der Waals surface area contributed by atoms with E-state index in [1.165, 1.54) is 0 Å². The van der Waals surface area contributed by atoms with Crippen molar-refractivity contribution in [1.29, 1.82) is 0 Å².